The summed E-state index contributed by atoms with van der Waals surface area (Å²) in [7, 11) is 0. The van der Waals surface area contributed by atoms with Gasteiger partial charge >= 0.3 is 0 Å². The molecule has 5 heteroatoms. The predicted molar refractivity (Wildman–Crippen MR) is 78.5 cm³/mol. The van der Waals surface area contributed by atoms with Gasteiger partial charge in [0.1, 0.15) is 18.7 Å². The Morgan fingerprint density at radius 1 is 1.30 bits per heavy atom. The van der Waals surface area contributed by atoms with Crippen LogP contribution in [0.2, 0.25) is 0 Å². The normalized spacial score (nSPS) is 12.7. The highest BCUT2D eigenvalue weighted by molar-refractivity contribution is 5.29. The van der Waals surface area contributed by atoms with Gasteiger partial charge in [-0.15, -0.1) is 0 Å². The van der Waals surface area contributed by atoms with Crippen molar-refractivity contribution in [2.45, 2.75) is 45.9 Å². The summed E-state index contributed by atoms with van der Waals surface area (Å²) in [5.74, 6) is 1.67. The number of benzene rings is 1. The second-order valence-corrected chi connectivity index (χ2v) is 5.33. The molecule has 1 unspecified atom stereocenters. The zero-order valence-electron chi connectivity index (χ0n) is 12.3. The van der Waals surface area contributed by atoms with Crippen molar-refractivity contribution >= 4 is 0 Å². The molecular formula is C15H22N4O. The summed E-state index contributed by atoms with van der Waals surface area (Å²) < 4.78 is 7.67. The van der Waals surface area contributed by atoms with Crippen molar-refractivity contribution in [3.8, 4) is 5.75 Å². The molecule has 0 saturated carbocycles. The molecule has 2 N–H and O–H groups in total. The van der Waals surface area contributed by atoms with Gasteiger partial charge in [0, 0.05) is 12.1 Å². The smallest absolute Gasteiger partial charge is 0.165 e. The van der Waals surface area contributed by atoms with Crippen LogP contribution in [0.3, 0.4) is 0 Å². The number of hydrogen-bond acceptors (Lipinski definition) is 4. The number of rotatable bonds is 6. The summed E-state index contributed by atoms with van der Waals surface area (Å²) in [6.07, 6.45) is 2.41. The van der Waals surface area contributed by atoms with E-state index in [1.54, 1.807) is 6.33 Å². The SMILES string of the molecule is CC(N)Cc1cccc(OCc2ncnn2C(C)C)c1. The van der Waals surface area contributed by atoms with Crippen molar-refractivity contribution < 1.29 is 4.74 Å². The molecule has 0 radical (unpaired) electrons. The Balaban J connectivity index is 2.01. The Labute approximate surface area is 119 Å². The molecule has 2 aromatic rings. The Bertz CT molecular complexity index is 548. The van der Waals surface area contributed by atoms with Gasteiger partial charge in [-0.2, -0.15) is 5.10 Å². The lowest BCUT2D eigenvalue weighted by Gasteiger charge is -2.11. The summed E-state index contributed by atoms with van der Waals surface area (Å²) in [6.45, 7) is 6.56. The third kappa shape index (κ3) is 3.81. The van der Waals surface area contributed by atoms with E-state index in [4.69, 9.17) is 10.5 Å². The fraction of sp³-hybridized carbons (Fsp3) is 0.467. The van der Waals surface area contributed by atoms with E-state index in [0.29, 0.717) is 6.61 Å². The first-order valence-electron chi connectivity index (χ1n) is 6.92. The van der Waals surface area contributed by atoms with Gasteiger partial charge in [0.2, 0.25) is 0 Å². The molecule has 0 aliphatic rings. The van der Waals surface area contributed by atoms with Crippen LogP contribution in [0, 0.1) is 0 Å². The first kappa shape index (κ1) is 14.5. The Hall–Kier alpha value is -1.88. The Morgan fingerprint density at radius 3 is 2.80 bits per heavy atom. The maximum absolute atomic E-state index is 5.82. The molecule has 0 saturated heterocycles. The van der Waals surface area contributed by atoms with Crippen molar-refractivity contribution in [1.29, 1.82) is 0 Å². The molecule has 0 fully saturated rings. The molecule has 5 nitrogen and oxygen atoms in total. The van der Waals surface area contributed by atoms with Gasteiger partial charge in [-0.3, -0.25) is 0 Å². The zero-order valence-corrected chi connectivity index (χ0v) is 12.3. The third-order valence-corrected chi connectivity index (χ3v) is 2.96. The summed E-state index contributed by atoms with van der Waals surface area (Å²) in [5, 5.41) is 4.19. The molecule has 1 aromatic heterocycles. The van der Waals surface area contributed by atoms with Crippen LogP contribution in [0.25, 0.3) is 0 Å². The molecule has 1 aromatic carbocycles. The van der Waals surface area contributed by atoms with Gasteiger partial charge in [0.15, 0.2) is 5.82 Å². The third-order valence-electron chi connectivity index (χ3n) is 2.96. The van der Waals surface area contributed by atoms with Crippen molar-refractivity contribution in [2.75, 3.05) is 0 Å². The van der Waals surface area contributed by atoms with Crippen LogP contribution in [-0.2, 0) is 13.0 Å². The largest absolute Gasteiger partial charge is 0.486 e. The van der Waals surface area contributed by atoms with E-state index < -0.39 is 0 Å². The number of aromatic nitrogens is 3. The number of nitrogens with two attached hydrogens (primary N) is 1. The molecule has 0 bridgehead atoms. The number of ether oxygens (including phenoxy) is 1. The average Bonchev–Trinajstić information content (AvgIpc) is 2.84. The van der Waals surface area contributed by atoms with Gasteiger partial charge in [-0.05, 0) is 44.9 Å². The predicted octanol–water partition coefficient (Wildman–Crippen LogP) is 2.33. The van der Waals surface area contributed by atoms with E-state index in [2.05, 4.69) is 30.0 Å². The minimum atomic E-state index is 0.147. The van der Waals surface area contributed by atoms with Gasteiger partial charge in [-0.1, -0.05) is 12.1 Å². The molecule has 0 spiro atoms. The standard InChI is InChI=1S/C15H22N4O/c1-11(2)19-15(17-10-18-19)9-20-14-6-4-5-13(8-14)7-12(3)16/h4-6,8,10-12H,7,9,16H2,1-3H3. The minimum Gasteiger partial charge on any atom is -0.486 e. The molecule has 0 amide bonds. The summed E-state index contributed by atoms with van der Waals surface area (Å²) in [5.41, 5.74) is 7.00. The van der Waals surface area contributed by atoms with Gasteiger partial charge in [0.05, 0.1) is 0 Å². The van der Waals surface area contributed by atoms with Crippen LogP contribution < -0.4 is 10.5 Å². The van der Waals surface area contributed by atoms with E-state index >= 15 is 0 Å². The van der Waals surface area contributed by atoms with Crippen LogP contribution in [0.1, 0.15) is 38.2 Å². The van der Waals surface area contributed by atoms with Crippen LogP contribution in [0.5, 0.6) is 5.75 Å². The number of nitrogens with zero attached hydrogens (tertiary/aromatic N) is 3. The first-order chi connectivity index (χ1) is 9.56. The fourth-order valence-electron chi connectivity index (χ4n) is 2.09. The van der Waals surface area contributed by atoms with Gasteiger partial charge in [0.25, 0.3) is 0 Å². The van der Waals surface area contributed by atoms with Crippen molar-refractivity contribution in [3.05, 3.63) is 42.0 Å². The highest BCUT2D eigenvalue weighted by Gasteiger charge is 2.08. The zero-order chi connectivity index (χ0) is 14.5. The molecule has 20 heavy (non-hydrogen) atoms. The fourth-order valence-corrected chi connectivity index (χ4v) is 2.09. The molecule has 0 aliphatic carbocycles. The van der Waals surface area contributed by atoms with Gasteiger partial charge in [-0.25, -0.2) is 9.67 Å². The average molecular weight is 274 g/mol. The van der Waals surface area contributed by atoms with E-state index in [0.717, 1.165) is 18.0 Å². The van der Waals surface area contributed by atoms with Crippen molar-refractivity contribution in [3.63, 3.8) is 0 Å². The molecular weight excluding hydrogens is 252 g/mol. The second kappa shape index (κ2) is 6.52. The van der Waals surface area contributed by atoms with Crippen molar-refractivity contribution in [1.82, 2.24) is 14.8 Å². The van der Waals surface area contributed by atoms with Crippen molar-refractivity contribution in [2.24, 2.45) is 5.73 Å². The highest BCUT2D eigenvalue weighted by atomic mass is 16.5. The molecule has 1 atom stereocenters. The Morgan fingerprint density at radius 2 is 2.10 bits per heavy atom. The van der Waals surface area contributed by atoms with E-state index in [1.165, 1.54) is 5.56 Å². The van der Waals surface area contributed by atoms with Crippen LogP contribution >= 0.6 is 0 Å². The van der Waals surface area contributed by atoms with E-state index in [-0.39, 0.29) is 12.1 Å². The van der Waals surface area contributed by atoms with Crippen LogP contribution in [0.4, 0.5) is 0 Å². The van der Waals surface area contributed by atoms with E-state index in [1.807, 2.05) is 29.8 Å². The molecule has 108 valence electrons. The molecule has 2 rings (SSSR count). The topological polar surface area (TPSA) is 66.0 Å². The summed E-state index contributed by atoms with van der Waals surface area (Å²) >= 11 is 0. The monoisotopic (exact) mass is 274 g/mol. The lowest BCUT2D eigenvalue weighted by atomic mass is 10.1. The van der Waals surface area contributed by atoms with E-state index in [9.17, 15) is 0 Å². The second-order valence-electron chi connectivity index (χ2n) is 5.33. The molecule has 0 aliphatic heterocycles. The van der Waals surface area contributed by atoms with Crippen LogP contribution in [-0.4, -0.2) is 20.8 Å². The number of hydrogen-bond donors (Lipinski definition) is 1. The quantitative estimate of drug-likeness (QED) is 0.878. The lowest BCUT2D eigenvalue weighted by molar-refractivity contribution is 0.282. The first-order valence-corrected chi connectivity index (χ1v) is 6.92. The molecule has 1 heterocycles. The Kier molecular flexibility index (Phi) is 4.74. The van der Waals surface area contributed by atoms with Crippen LogP contribution in [0.15, 0.2) is 30.6 Å². The summed E-state index contributed by atoms with van der Waals surface area (Å²) in [4.78, 5) is 4.23. The minimum absolute atomic E-state index is 0.147. The maximum atomic E-state index is 5.82. The summed E-state index contributed by atoms with van der Waals surface area (Å²) in [6, 6.07) is 8.45. The highest BCUT2D eigenvalue weighted by Crippen LogP contribution is 2.16. The van der Waals surface area contributed by atoms with Gasteiger partial charge < -0.3 is 10.5 Å². The maximum Gasteiger partial charge on any atom is 0.165 e. The lowest BCUT2D eigenvalue weighted by Crippen LogP contribution is -2.17.